The van der Waals surface area contributed by atoms with Gasteiger partial charge in [-0.3, -0.25) is 0 Å². The van der Waals surface area contributed by atoms with Gasteiger partial charge in [0.2, 0.25) is 0 Å². The molecule has 25 heavy (non-hydrogen) atoms. The first-order valence-corrected chi connectivity index (χ1v) is 9.96. The van der Waals surface area contributed by atoms with Crippen molar-refractivity contribution in [3.05, 3.63) is 34.9 Å². The minimum absolute atomic E-state index is 0.128. The normalized spacial score (nSPS) is 17.9. The van der Waals surface area contributed by atoms with E-state index in [9.17, 15) is 0 Å². The van der Waals surface area contributed by atoms with Crippen LogP contribution in [0.5, 0.6) is 0 Å². The van der Waals surface area contributed by atoms with Crippen LogP contribution >= 0.6 is 0 Å². The molecule has 4 atom stereocenters. The molecule has 0 aliphatic heterocycles. The van der Waals surface area contributed by atoms with Gasteiger partial charge in [0.1, 0.15) is 0 Å². The lowest BCUT2D eigenvalue weighted by Gasteiger charge is -2.39. The molecule has 4 N–H and O–H groups in total. The Labute approximate surface area is 156 Å². The molecule has 1 aromatic rings. The second kappa shape index (κ2) is 8.22. The Hall–Kier alpha value is -0.860. The lowest BCUT2D eigenvalue weighted by atomic mass is 9.68. The first-order chi connectivity index (χ1) is 11.3. The topological polar surface area (TPSA) is 52.0 Å². The van der Waals surface area contributed by atoms with E-state index >= 15 is 0 Å². The maximum absolute atomic E-state index is 6.58. The van der Waals surface area contributed by atoms with E-state index in [1.165, 1.54) is 16.7 Å². The number of benzene rings is 1. The average molecular weight is 347 g/mol. The highest BCUT2D eigenvalue weighted by Gasteiger charge is 2.35. The molecule has 0 spiro atoms. The van der Waals surface area contributed by atoms with Crippen molar-refractivity contribution in [2.45, 2.75) is 99.1 Å². The largest absolute Gasteiger partial charge is 0.327 e. The molecule has 0 heterocycles. The SMILES string of the molecule is CCC(N)C(c1ccc(C)c(C(C(N)CC)C(C)(C)C)c1)C(C)(C)C. The fourth-order valence-corrected chi connectivity index (χ4v) is 4.39. The van der Waals surface area contributed by atoms with Crippen LogP contribution < -0.4 is 11.5 Å². The van der Waals surface area contributed by atoms with Crippen molar-refractivity contribution in [3.8, 4) is 0 Å². The standard InChI is InChI=1S/C23H42N2/c1-10-18(24)20(22(4,5)6)16-13-12-15(3)17(14-16)21(19(25)11-2)23(7,8)9/h12-14,18-21H,10-11,24-25H2,1-9H3. The molecule has 0 aliphatic carbocycles. The van der Waals surface area contributed by atoms with Crippen LogP contribution in [0.15, 0.2) is 18.2 Å². The van der Waals surface area contributed by atoms with Gasteiger partial charge < -0.3 is 11.5 Å². The molecular weight excluding hydrogens is 304 g/mol. The van der Waals surface area contributed by atoms with Crippen LogP contribution in [0.3, 0.4) is 0 Å². The third kappa shape index (κ3) is 5.31. The summed E-state index contributed by atoms with van der Waals surface area (Å²) in [6, 6.07) is 7.30. The molecule has 144 valence electrons. The van der Waals surface area contributed by atoms with Gasteiger partial charge in [-0.15, -0.1) is 0 Å². The third-order valence-corrected chi connectivity index (χ3v) is 5.66. The summed E-state index contributed by atoms with van der Waals surface area (Å²) < 4.78 is 0. The van der Waals surface area contributed by atoms with E-state index in [1.54, 1.807) is 0 Å². The summed E-state index contributed by atoms with van der Waals surface area (Å²) in [5.41, 5.74) is 17.5. The molecule has 2 nitrogen and oxygen atoms in total. The summed E-state index contributed by atoms with van der Waals surface area (Å²) in [4.78, 5) is 0. The van der Waals surface area contributed by atoms with Crippen molar-refractivity contribution < 1.29 is 0 Å². The summed E-state index contributed by atoms with van der Waals surface area (Å²) >= 11 is 0. The number of rotatable bonds is 6. The minimum Gasteiger partial charge on any atom is -0.327 e. The fourth-order valence-electron chi connectivity index (χ4n) is 4.39. The number of aryl methyl sites for hydroxylation is 1. The second-order valence-electron chi connectivity index (χ2n) is 9.95. The number of hydrogen-bond acceptors (Lipinski definition) is 2. The van der Waals surface area contributed by atoms with E-state index < -0.39 is 0 Å². The van der Waals surface area contributed by atoms with E-state index in [0.717, 1.165) is 12.8 Å². The summed E-state index contributed by atoms with van der Waals surface area (Å²) in [7, 11) is 0. The van der Waals surface area contributed by atoms with Gasteiger partial charge in [-0.1, -0.05) is 73.6 Å². The van der Waals surface area contributed by atoms with Gasteiger partial charge in [0, 0.05) is 23.9 Å². The molecule has 0 saturated carbocycles. The van der Waals surface area contributed by atoms with E-state index in [-0.39, 0.29) is 22.9 Å². The number of hydrogen-bond donors (Lipinski definition) is 2. The van der Waals surface area contributed by atoms with Crippen molar-refractivity contribution in [3.63, 3.8) is 0 Å². The molecule has 2 heteroatoms. The quantitative estimate of drug-likeness (QED) is 0.691. The van der Waals surface area contributed by atoms with Crippen LogP contribution in [0.1, 0.15) is 96.8 Å². The molecular formula is C23H42N2. The summed E-state index contributed by atoms with van der Waals surface area (Å²) in [5.74, 6) is 0.686. The average Bonchev–Trinajstić information content (AvgIpc) is 2.47. The maximum atomic E-state index is 6.58. The fraction of sp³-hybridized carbons (Fsp3) is 0.739. The zero-order valence-electron chi connectivity index (χ0n) is 18.1. The molecule has 0 bridgehead atoms. The van der Waals surface area contributed by atoms with E-state index in [1.807, 2.05) is 0 Å². The maximum Gasteiger partial charge on any atom is 0.0110 e. The second-order valence-corrected chi connectivity index (χ2v) is 9.95. The Balaban J connectivity index is 3.52. The molecule has 4 unspecified atom stereocenters. The zero-order valence-corrected chi connectivity index (χ0v) is 18.1. The van der Waals surface area contributed by atoms with Crippen LogP contribution in [0.4, 0.5) is 0 Å². The first-order valence-electron chi connectivity index (χ1n) is 9.96. The summed E-state index contributed by atoms with van der Waals surface area (Å²) in [5, 5.41) is 0. The van der Waals surface area contributed by atoms with Gasteiger partial charge >= 0.3 is 0 Å². The first kappa shape index (κ1) is 22.2. The minimum atomic E-state index is 0.128. The van der Waals surface area contributed by atoms with Crippen molar-refractivity contribution in [1.29, 1.82) is 0 Å². The van der Waals surface area contributed by atoms with Crippen LogP contribution in [0, 0.1) is 17.8 Å². The number of nitrogens with two attached hydrogens (primary N) is 2. The highest BCUT2D eigenvalue weighted by atomic mass is 14.7. The Kier molecular flexibility index (Phi) is 7.30. The summed E-state index contributed by atoms with van der Waals surface area (Å²) in [6.45, 7) is 20.4. The lowest BCUT2D eigenvalue weighted by molar-refractivity contribution is 0.268. The molecule has 0 radical (unpaired) electrons. The van der Waals surface area contributed by atoms with Crippen LogP contribution in [0.25, 0.3) is 0 Å². The molecule has 1 rings (SSSR count). The van der Waals surface area contributed by atoms with Crippen molar-refractivity contribution in [2.24, 2.45) is 22.3 Å². The van der Waals surface area contributed by atoms with Crippen molar-refractivity contribution in [1.82, 2.24) is 0 Å². The predicted octanol–water partition coefficient (Wildman–Crippen LogP) is 5.73. The van der Waals surface area contributed by atoms with Gasteiger partial charge in [0.15, 0.2) is 0 Å². The smallest absolute Gasteiger partial charge is 0.0110 e. The monoisotopic (exact) mass is 346 g/mol. The molecule has 0 saturated heterocycles. The summed E-state index contributed by atoms with van der Waals surface area (Å²) in [6.07, 6.45) is 1.98. The van der Waals surface area contributed by atoms with E-state index in [2.05, 4.69) is 80.5 Å². The van der Waals surface area contributed by atoms with Gasteiger partial charge in [-0.2, -0.15) is 0 Å². The Morgan fingerprint density at radius 2 is 1.24 bits per heavy atom. The molecule has 0 aromatic heterocycles. The Bertz CT molecular complexity index is 548. The molecule has 1 aromatic carbocycles. The molecule has 0 aliphatic rings. The van der Waals surface area contributed by atoms with Crippen LogP contribution in [-0.2, 0) is 0 Å². The Morgan fingerprint density at radius 3 is 1.64 bits per heavy atom. The predicted molar refractivity (Wildman–Crippen MR) is 112 cm³/mol. The van der Waals surface area contributed by atoms with Crippen LogP contribution in [0.2, 0.25) is 0 Å². The van der Waals surface area contributed by atoms with Gasteiger partial charge in [0.05, 0.1) is 0 Å². The highest BCUT2D eigenvalue weighted by molar-refractivity contribution is 5.38. The lowest BCUT2D eigenvalue weighted by Crippen LogP contribution is -2.38. The Morgan fingerprint density at radius 1 is 0.800 bits per heavy atom. The van der Waals surface area contributed by atoms with Gasteiger partial charge in [-0.25, -0.2) is 0 Å². The zero-order chi connectivity index (χ0) is 19.6. The molecule has 0 amide bonds. The van der Waals surface area contributed by atoms with Crippen molar-refractivity contribution in [2.75, 3.05) is 0 Å². The van der Waals surface area contributed by atoms with Crippen molar-refractivity contribution >= 4 is 0 Å². The van der Waals surface area contributed by atoms with E-state index in [0.29, 0.717) is 11.8 Å². The van der Waals surface area contributed by atoms with E-state index in [4.69, 9.17) is 11.5 Å². The highest BCUT2D eigenvalue weighted by Crippen LogP contribution is 2.43. The van der Waals surface area contributed by atoms with Gasteiger partial charge in [-0.05, 0) is 47.3 Å². The van der Waals surface area contributed by atoms with Gasteiger partial charge in [0.25, 0.3) is 0 Å². The molecule has 0 fully saturated rings. The third-order valence-electron chi connectivity index (χ3n) is 5.66. The van der Waals surface area contributed by atoms with Crippen LogP contribution in [-0.4, -0.2) is 12.1 Å².